The molecule has 0 aromatic carbocycles. The SMILES string of the molecule is CCCCCCNC(=O)C(C)(F)C(F)(F)F. The lowest BCUT2D eigenvalue weighted by atomic mass is 10.1. The molecule has 2 nitrogen and oxygen atoms in total. The van der Waals surface area contributed by atoms with Crippen molar-refractivity contribution in [3.05, 3.63) is 0 Å². The van der Waals surface area contributed by atoms with E-state index in [1.54, 1.807) is 0 Å². The van der Waals surface area contributed by atoms with Gasteiger partial charge in [0.25, 0.3) is 11.6 Å². The molecular formula is C10H17F4NO. The average Bonchev–Trinajstić information content (AvgIpc) is 2.15. The normalized spacial score (nSPS) is 15.6. The maximum Gasteiger partial charge on any atom is 0.431 e. The van der Waals surface area contributed by atoms with Crippen LogP contribution < -0.4 is 5.32 Å². The van der Waals surface area contributed by atoms with E-state index in [9.17, 15) is 22.4 Å². The number of unbranched alkanes of at least 4 members (excludes halogenated alkanes) is 3. The minimum absolute atomic E-state index is 0.0778. The van der Waals surface area contributed by atoms with Crippen LogP contribution in [0.15, 0.2) is 0 Å². The monoisotopic (exact) mass is 243 g/mol. The molecule has 1 unspecified atom stereocenters. The van der Waals surface area contributed by atoms with E-state index in [0.29, 0.717) is 6.42 Å². The van der Waals surface area contributed by atoms with E-state index >= 15 is 0 Å². The molecule has 0 aromatic rings. The lowest BCUT2D eigenvalue weighted by molar-refractivity contribution is -0.221. The van der Waals surface area contributed by atoms with Crippen molar-refractivity contribution in [3.8, 4) is 0 Å². The van der Waals surface area contributed by atoms with Gasteiger partial charge in [0, 0.05) is 6.54 Å². The maximum atomic E-state index is 13.0. The maximum absolute atomic E-state index is 13.0. The molecule has 0 aliphatic rings. The Bertz CT molecular complexity index is 225. The van der Waals surface area contributed by atoms with E-state index in [-0.39, 0.29) is 13.5 Å². The molecule has 0 heterocycles. The van der Waals surface area contributed by atoms with Gasteiger partial charge >= 0.3 is 6.18 Å². The van der Waals surface area contributed by atoms with Crippen LogP contribution in [0, 0.1) is 0 Å². The van der Waals surface area contributed by atoms with Crippen molar-refractivity contribution < 1.29 is 22.4 Å². The summed E-state index contributed by atoms with van der Waals surface area (Å²) in [5.74, 6) is -1.61. The third-order valence-electron chi connectivity index (χ3n) is 2.27. The first kappa shape index (κ1) is 15.2. The number of carbonyl (C=O) groups is 1. The molecule has 1 atom stereocenters. The Hall–Kier alpha value is -0.810. The summed E-state index contributed by atoms with van der Waals surface area (Å²) in [6.07, 6.45) is -1.86. The second-order valence-corrected chi connectivity index (χ2v) is 3.82. The molecule has 96 valence electrons. The summed E-state index contributed by atoms with van der Waals surface area (Å²) >= 11 is 0. The third-order valence-corrected chi connectivity index (χ3v) is 2.27. The highest BCUT2D eigenvalue weighted by Crippen LogP contribution is 2.33. The second-order valence-electron chi connectivity index (χ2n) is 3.82. The molecule has 0 saturated heterocycles. The van der Waals surface area contributed by atoms with E-state index in [4.69, 9.17) is 0 Å². The molecule has 0 aliphatic carbocycles. The standard InChI is InChI=1S/C10H17F4NO/c1-3-4-5-6-7-15-8(16)9(2,11)10(12,13)14/h3-7H2,1-2H3,(H,15,16). The van der Waals surface area contributed by atoms with Gasteiger partial charge in [-0.25, -0.2) is 4.39 Å². The molecule has 1 N–H and O–H groups in total. The molecule has 0 rings (SSSR count). The minimum atomic E-state index is -5.17. The highest BCUT2D eigenvalue weighted by molar-refractivity contribution is 5.85. The Morgan fingerprint density at radius 1 is 1.12 bits per heavy atom. The molecule has 0 aliphatic heterocycles. The molecule has 1 amide bonds. The fourth-order valence-electron chi connectivity index (χ4n) is 1.05. The first-order valence-electron chi connectivity index (χ1n) is 5.27. The van der Waals surface area contributed by atoms with E-state index in [1.807, 2.05) is 12.2 Å². The van der Waals surface area contributed by atoms with Gasteiger partial charge in [-0.15, -0.1) is 0 Å². The first-order chi connectivity index (χ1) is 7.23. The molecule has 0 fully saturated rings. The van der Waals surface area contributed by atoms with Crippen molar-refractivity contribution >= 4 is 5.91 Å². The van der Waals surface area contributed by atoms with Crippen molar-refractivity contribution in [1.29, 1.82) is 0 Å². The van der Waals surface area contributed by atoms with Crippen molar-refractivity contribution in [2.24, 2.45) is 0 Å². The zero-order chi connectivity index (χ0) is 12.8. The van der Waals surface area contributed by atoms with Crippen LogP contribution in [0.5, 0.6) is 0 Å². The van der Waals surface area contributed by atoms with Crippen LogP contribution in [0.1, 0.15) is 39.5 Å². The highest BCUT2D eigenvalue weighted by Gasteiger charge is 2.57. The fourth-order valence-corrected chi connectivity index (χ4v) is 1.05. The van der Waals surface area contributed by atoms with Crippen molar-refractivity contribution in [2.75, 3.05) is 6.54 Å². The molecule has 0 aromatic heterocycles. The van der Waals surface area contributed by atoms with Crippen LogP contribution in [-0.2, 0) is 4.79 Å². The molecule has 0 saturated carbocycles. The van der Waals surface area contributed by atoms with Gasteiger partial charge in [-0.3, -0.25) is 4.79 Å². The van der Waals surface area contributed by atoms with Crippen LogP contribution in [0.2, 0.25) is 0 Å². The van der Waals surface area contributed by atoms with Crippen LogP contribution in [0.4, 0.5) is 17.6 Å². The Kier molecular flexibility index (Phi) is 5.75. The van der Waals surface area contributed by atoms with Gasteiger partial charge in [0.05, 0.1) is 0 Å². The van der Waals surface area contributed by atoms with E-state index in [2.05, 4.69) is 0 Å². The summed E-state index contributed by atoms with van der Waals surface area (Å²) in [7, 11) is 0. The van der Waals surface area contributed by atoms with Crippen molar-refractivity contribution in [2.45, 2.75) is 51.4 Å². The summed E-state index contributed by atoms with van der Waals surface area (Å²) < 4.78 is 49.3. The number of alkyl halides is 4. The van der Waals surface area contributed by atoms with Gasteiger partial charge < -0.3 is 5.32 Å². The van der Waals surface area contributed by atoms with Gasteiger partial charge in [-0.1, -0.05) is 26.2 Å². The molecule has 16 heavy (non-hydrogen) atoms. The smallest absolute Gasteiger partial charge is 0.353 e. The number of carbonyl (C=O) groups excluding carboxylic acids is 1. The largest absolute Gasteiger partial charge is 0.431 e. The van der Waals surface area contributed by atoms with Gasteiger partial charge in [-0.05, 0) is 13.3 Å². The fraction of sp³-hybridized carbons (Fsp3) is 0.900. The number of nitrogens with one attached hydrogen (secondary N) is 1. The predicted octanol–water partition coefficient (Wildman–Crippen LogP) is 2.97. The van der Waals surface area contributed by atoms with Gasteiger partial charge in [-0.2, -0.15) is 13.2 Å². The zero-order valence-corrected chi connectivity index (χ0v) is 9.46. The molecule has 6 heteroatoms. The second kappa shape index (κ2) is 6.06. The summed E-state index contributed by atoms with van der Waals surface area (Å²) in [6, 6.07) is 0. The molecule has 0 bridgehead atoms. The Morgan fingerprint density at radius 3 is 2.12 bits per heavy atom. The number of hydrogen-bond acceptors (Lipinski definition) is 1. The summed E-state index contributed by atoms with van der Waals surface area (Å²) in [5, 5.41) is 1.95. The van der Waals surface area contributed by atoms with Crippen molar-refractivity contribution in [1.82, 2.24) is 5.32 Å². The lowest BCUT2D eigenvalue weighted by Gasteiger charge is -2.22. The molecule has 0 radical (unpaired) electrons. The van der Waals surface area contributed by atoms with Crippen LogP contribution in [0.3, 0.4) is 0 Å². The number of amides is 1. The molecular weight excluding hydrogens is 226 g/mol. The lowest BCUT2D eigenvalue weighted by Crippen LogP contribution is -2.51. The van der Waals surface area contributed by atoms with Gasteiger partial charge in [0.15, 0.2) is 0 Å². The van der Waals surface area contributed by atoms with Gasteiger partial charge in [0.2, 0.25) is 0 Å². The van der Waals surface area contributed by atoms with E-state index < -0.39 is 17.8 Å². The van der Waals surface area contributed by atoms with Gasteiger partial charge in [0.1, 0.15) is 0 Å². The van der Waals surface area contributed by atoms with E-state index in [1.165, 1.54) is 0 Å². The number of hydrogen-bond donors (Lipinski definition) is 1. The topological polar surface area (TPSA) is 29.1 Å². The van der Waals surface area contributed by atoms with Crippen LogP contribution in [0.25, 0.3) is 0 Å². The minimum Gasteiger partial charge on any atom is -0.353 e. The molecule has 0 spiro atoms. The highest BCUT2D eigenvalue weighted by atomic mass is 19.4. The Labute approximate surface area is 92.4 Å². The van der Waals surface area contributed by atoms with Crippen LogP contribution >= 0.6 is 0 Å². The average molecular weight is 243 g/mol. The quantitative estimate of drug-likeness (QED) is 0.564. The zero-order valence-electron chi connectivity index (χ0n) is 9.46. The van der Waals surface area contributed by atoms with Crippen molar-refractivity contribution in [3.63, 3.8) is 0 Å². The predicted molar refractivity (Wildman–Crippen MR) is 52.7 cm³/mol. The van der Waals surface area contributed by atoms with E-state index in [0.717, 1.165) is 19.3 Å². The number of halogens is 4. The first-order valence-corrected chi connectivity index (χ1v) is 5.27. The summed E-state index contributed by atoms with van der Waals surface area (Å²) in [4.78, 5) is 10.9. The summed E-state index contributed by atoms with van der Waals surface area (Å²) in [5.41, 5.74) is -3.81. The summed E-state index contributed by atoms with van der Waals surface area (Å²) in [6.45, 7) is 2.30. The number of rotatable bonds is 6. The van der Waals surface area contributed by atoms with Crippen LogP contribution in [-0.4, -0.2) is 24.3 Å². The Balaban J connectivity index is 3.98. The Morgan fingerprint density at radius 2 is 1.69 bits per heavy atom. The third kappa shape index (κ3) is 4.37.